The Hall–Kier alpha value is -2.20. The summed E-state index contributed by atoms with van der Waals surface area (Å²) in [7, 11) is 1.61. The van der Waals surface area contributed by atoms with E-state index in [1.807, 2.05) is 43.3 Å². The molecule has 1 atom stereocenters. The number of carbonyl (C=O) groups is 1. The Kier molecular flexibility index (Phi) is 6.29. The molecule has 1 amide bonds. The lowest BCUT2D eigenvalue weighted by atomic mass is 10.2. The van der Waals surface area contributed by atoms with E-state index in [9.17, 15) is 4.79 Å². The molecule has 0 radical (unpaired) electrons. The van der Waals surface area contributed by atoms with E-state index in [0.29, 0.717) is 23.7 Å². The first-order valence-corrected chi connectivity index (χ1v) is 7.84. The lowest BCUT2D eigenvalue weighted by Gasteiger charge is -2.18. The van der Waals surface area contributed by atoms with Crippen molar-refractivity contribution in [2.45, 2.75) is 26.0 Å². The maximum absolute atomic E-state index is 12.3. The van der Waals surface area contributed by atoms with Gasteiger partial charge in [0.25, 0.3) is 5.91 Å². The standard InChI is InChI=1S/C18H20ClNO3/c1-3-15(23-17-11-7-5-9-14(17)19)18(21)20-12-13-8-4-6-10-16(13)22-2/h4-11,15H,3,12H2,1-2H3,(H,20,21)/t15-/m0/s1. The number of halogens is 1. The van der Waals surface area contributed by atoms with Crippen LogP contribution in [-0.2, 0) is 11.3 Å². The van der Waals surface area contributed by atoms with E-state index >= 15 is 0 Å². The van der Waals surface area contributed by atoms with Gasteiger partial charge in [0, 0.05) is 12.1 Å². The van der Waals surface area contributed by atoms with Gasteiger partial charge >= 0.3 is 0 Å². The highest BCUT2D eigenvalue weighted by Crippen LogP contribution is 2.25. The molecule has 0 spiro atoms. The van der Waals surface area contributed by atoms with Crippen molar-refractivity contribution in [2.75, 3.05) is 7.11 Å². The van der Waals surface area contributed by atoms with Gasteiger partial charge < -0.3 is 14.8 Å². The summed E-state index contributed by atoms with van der Waals surface area (Å²) in [6.07, 6.45) is -0.0483. The van der Waals surface area contributed by atoms with Gasteiger partial charge in [-0.25, -0.2) is 0 Å². The van der Waals surface area contributed by atoms with Gasteiger partial charge in [0.1, 0.15) is 11.5 Å². The molecule has 0 fully saturated rings. The van der Waals surface area contributed by atoms with Gasteiger partial charge in [-0.1, -0.05) is 48.9 Å². The summed E-state index contributed by atoms with van der Waals surface area (Å²) in [6.45, 7) is 2.27. The van der Waals surface area contributed by atoms with E-state index in [0.717, 1.165) is 11.3 Å². The topological polar surface area (TPSA) is 47.6 Å². The molecule has 5 heteroatoms. The Bertz CT molecular complexity index is 660. The number of carbonyl (C=O) groups excluding carboxylic acids is 1. The molecule has 0 aliphatic rings. The second-order valence-electron chi connectivity index (χ2n) is 4.97. The Morgan fingerprint density at radius 2 is 1.78 bits per heavy atom. The Morgan fingerprint density at radius 1 is 1.13 bits per heavy atom. The van der Waals surface area contributed by atoms with Gasteiger partial charge in [-0.3, -0.25) is 4.79 Å². The molecular weight excluding hydrogens is 314 g/mol. The van der Waals surface area contributed by atoms with Crippen molar-refractivity contribution in [2.24, 2.45) is 0 Å². The zero-order valence-electron chi connectivity index (χ0n) is 13.2. The molecule has 0 aliphatic carbocycles. The summed E-state index contributed by atoms with van der Waals surface area (Å²) in [5.74, 6) is 1.07. The van der Waals surface area contributed by atoms with Crippen LogP contribution in [0.15, 0.2) is 48.5 Å². The Morgan fingerprint density at radius 3 is 2.43 bits per heavy atom. The highest BCUT2D eigenvalue weighted by Gasteiger charge is 2.19. The highest BCUT2D eigenvalue weighted by atomic mass is 35.5. The zero-order chi connectivity index (χ0) is 16.7. The second-order valence-corrected chi connectivity index (χ2v) is 5.38. The minimum absolute atomic E-state index is 0.182. The number of methoxy groups -OCH3 is 1. The lowest BCUT2D eigenvalue weighted by Crippen LogP contribution is -2.37. The van der Waals surface area contributed by atoms with Crippen LogP contribution in [0.2, 0.25) is 5.02 Å². The minimum atomic E-state index is -0.593. The summed E-state index contributed by atoms with van der Waals surface area (Å²) in [5, 5.41) is 3.37. The fraction of sp³-hybridized carbons (Fsp3) is 0.278. The van der Waals surface area contributed by atoms with Crippen molar-refractivity contribution in [1.82, 2.24) is 5.32 Å². The van der Waals surface area contributed by atoms with E-state index in [-0.39, 0.29) is 5.91 Å². The highest BCUT2D eigenvalue weighted by molar-refractivity contribution is 6.32. The van der Waals surface area contributed by atoms with Gasteiger partial charge in [0.2, 0.25) is 0 Å². The molecule has 0 aromatic heterocycles. The van der Waals surface area contributed by atoms with Crippen molar-refractivity contribution in [3.63, 3.8) is 0 Å². The molecule has 23 heavy (non-hydrogen) atoms. The number of hydrogen-bond donors (Lipinski definition) is 1. The van der Waals surface area contributed by atoms with Gasteiger partial charge in [-0.05, 0) is 24.6 Å². The number of nitrogens with one attached hydrogen (secondary N) is 1. The van der Waals surface area contributed by atoms with Gasteiger partial charge in [-0.15, -0.1) is 0 Å². The van der Waals surface area contributed by atoms with Crippen molar-refractivity contribution < 1.29 is 14.3 Å². The molecule has 0 unspecified atom stereocenters. The number of hydrogen-bond acceptors (Lipinski definition) is 3. The van der Waals surface area contributed by atoms with Crippen LogP contribution in [0.5, 0.6) is 11.5 Å². The minimum Gasteiger partial charge on any atom is -0.496 e. The predicted octanol–water partition coefficient (Wildman–Crippen LogP) is 3.82. The number of ether oxygens (including phenoxy) is 2. The van der Waals surface area contributed by atoms with Gasteiger partial charge in [-0.2, -0.15) is 0 Å². The number of amides is 1. The predicted molar refractivity (Wildman–Crippen MR) is 91.0 cm³/mol. The van der Waals surface area contributed by atoms with Gasteiger partial charge in [0.15, 0.2) is 6.10 Å². The van der Waals surface area contributed by atoms with Crippen LogP contribution in [-0.4, -0.2) is 19.1 Å². The zero-order valence-corrected chi connectivity index (χ0v) is 14.0. The van der Waals surface area contributed by atoms with Gasteiger partial charge in [0.05, 0.1) is 12.1 Å². The Labute approximate surface area is 141 Å². The van der Waals surface area contributed by atoms with Crippen LogP contribution >= 0.6 is 11.6 Å². The molecule has 0 heterocycles. The smallest absolute Gasteiger partial charge is 0.261 e. The summed E-state index contributed by atoms with van der Waals surface area (Å²) in [5.41, 5.74) is 0.913. The average molecular weight is 334 g/mol. The molecular formula is C18H20ClNO3. The number of benzene rings is 2. The first kappa shape index (κ1) is 17.2. The van der Waals surface area contributed by atoms with E-state index in [4.69, 9.17) is 21.1 Å². The van der Waals surface area contributed by atoms with E-state index < -0.39 is 6.10 Å². The summed E-state index contributed by atoms with van der Waals surface area (Å²) >= 11 is 6.07. The van der Waals surface area contributed by atoms with Crippen LogP contribution in [0.25, 0.3) is 0 Å². The molecule has 2 aromatic carbocycles. The van der Waals surface area contributed by atoms with Crippen LogP contribution in [0, 0.1) is 0 Å². The largest absolute Gasteiger partial charge is 0.496 e. The summed E-state index contributed by atoms with van der Waals surface area (Å²) in [4.78, 5) is 12.3. The van der Waals surface area contributed by atoms with E-state index in [1.165, 1.54) is 0 Å². The van der Waals surface area contributed by atoms with Crippen LogP contribution in [0.1, 0.15) is 18.9 Å². The second kappa shape index (κ2) is 8.44. The van der Waals surface area contributed by atoms with Crippen LogP contribution in [0.4, 0.5) is 0 Å². The molecule has 1 N–H and O–H groups in total. The molecule has 0 saturated carbocycles. The fourth-order valence-corrected chi connectivity index (χ4v) is 2.34. The average Bonchev–Trinajstić information content (AvgIpc) is 2.59. The first-order chi connectivity index (χ1) is 11.2. The molecule has 0 saturated heterocycles. The molecule has 2 aromatic rings. The molecule has 2 rings (SSSR count). The third kappa shape index (κ3) is 4.63. The monoisotopic (exact) mass is 333 g/mol. The molecule has 4 nitrogen and oxygen atoms in total. The van der Waals surface area contributed by atoms with Crippen LogP contribution < -0.4 is 14.8 Å². The molecule has 0 aliphatic heterocycles. The number of para-hydroxylation sites is 2. The SMILES string of the molecule is CC[C@H](Oc1ccccc1Cl)C(=O)NCc1ccccc1OC. The van der Waals surface area contributed by atoms with E-state index in [1.54, 1.807) is 19.2 Å². The van der Waals surface area contributed by atoms with Crippen molar-refractivity contribution in [3.05, 3.63) is 59.1 Å². The quantitative estimate of drug-likeness (QED) is 0.837. The normalized spacial score (nSPS) is 11.6. The third-order valence-electron chi connectivity index (χ3n) is 3.41. The maximum atomic E-state index is 12.3. The molecule has 122 valence electrons. The van der Waals surface area contributed by atoms with E-state index in [2.05, 4.69) is 5.32 Å². The summed E-state index contributed by atoms with van der Waals surface area (Å²) < 4.78 is 11.0. The van der Waals surface area contributed by atoms with Crippen molar-refractivity contribution in [1.29, 1.82) is 0 Å². The lowest BCUT2D eigenvalue weighted by molar-refractivity contribution is -0.128. The maximum Gasteiger partial charge on any atom is 0.261 e. The van der Waals surface area contributed by atoms with Crippen LogP contribution in [0.3, 0.4) is 0 Å². The Balaban J connectivity index is 1.99. The molecule has 0 bridgehead atoms. The number of rotatable bonds is 7. The fourth-order valence-electron chi connectivity index (χ4n) is 2.16. The van der Waals surface area contributed by atoms with Crippen molar-refractivity contribution >= 4 is 17.5 Å². The van der Waals surface area contributed by atoms with Crippen molar-refractivity contribution in [3.8, 4) is 11.5 Å². The summed E-state index contributed by atoms with van der Waals surface area (Å²) in [6, 6.07) is 14.7. The third-order valence-corrected chi connectivity index (χ3v) is 3.73. The first-order valence-electron chi connectivity index (χ1n) is 7.46.